The summed E-state index contributed by atoms with van der Waals surface area (Å²) in [7, 11) is 0. The Bertz CT molecular complexity index is 877. The van der Waals surface area contributed by atoms with Crippen molar-refractivity contribution >= 4 is 29.2 Å². The number of hydrogen-bond acceptors (Lipinski definition) is 3. The van der Waals surface area contributed by atoms with Crippen molar-refractivity contribution in [1.29, 1.82) is 0 Å². The van der Waals surface area contributed by atoms with Gasteiger partial charge in [-0.05, 0) is 24.6 Å². The Morgan fingerprint density at radius 2 is 1.83 bits per heavy atom. The highest BCUT2D eigenvalue weighted by Crippen LogP contribution is 2.24. The summed E-state index contributed by atoms with van der Waals surface area (Å²) in [5, 5.41) is 4.84. The second-order valence-electron chi connectivity index (χ2n) is 5.04. The van der Waals surface area contributed by atoms with Crippen molar-refractivity contribution in [3.05, 3.63) is 77.6 Å². The van der Waals surface area contributed by atoms with E-state index < -0.39 is 0 Å². The van der Waals surface area contributed by atoms with Gasteiger partial charge in [0.15, 0.2) is 5.76 Å². The Morgan fingerprint density at radius 1 is 1.09 bits per heavy atom. The number of rotatable bonds is 4. The summed E-state index contributed by atoms with van der Waals surface area (Å²) in [6.45, 7) is 1.86. The molecule has 114 valence electrons. The summed E-state index contributed by atoms with van der Waals surface area (Å²) in [4.78, 5) is 12.1. The topological polar surface area (TPSA) is 54.6 Å². The Morgan fingerprint density at radius 3 is 2.61 bits per heavy atom. The molecule has 0 unspecified atom stereocenters. The lowest BCUT2D eigenvalue weighted by atomic mass is 10.1. The van der Waals surface area contributed by atoms with Gasteiger partial charge in [0.2, 0.25) is 0 Å². The molecule has 0 bridgehead atoms. The van der Waals surface area contributed by atoms with Crippen molar-refractivity contribution in [2.75, 3.05) is 0 Å². The summed E-state index contributed by atoms with van der Waals surface area (Å²) in [6, 6.07) is 17.4. The Balaban J connectivity index is 1.66. The summed E-state index contributed by atoms with van der Waals surface area (Å²) in [5.74, 6) is -0.0709. The molecular formula is C19H16N2O2. The number of nitrogens with zero attached hydrogens (tertiary/aromatic N) is 1. The molecule has 0 radical (unpaired) electrons. The van der Waals surface area contributed by atoms with Gasteiger partial charge < -0.3 is 4.42 Å². The van der Waals surface area contributed by atoms with E-state index in [2.05, 4.69) is 10.5 Å². The number of nitrogens with one attached hydrogen (secondary N) is 1. The van der Waals surface area contributed by atoms with Crippen LogP contribution in [0, 0.1) is 6.92 Å². The highest BCUT2D eigenvalue weighted by Gasteiger charge is 2.16. The number of furan rings is 1. The first-order valence-corrected chi connectivity index (χ1v) is 7.29. The molecule has 23 heavy (non-hydrogen) atoms. The van der Waals surface area contributed by atoms with E-state index in [1.54, 1.807) is 6.08 Å². The molecule has 0 saturated carbocycles. The van der Waals surface area contributed by atoms with Crippen LogP contribution in [0.1, 0.15) is 21.7 Å². The van der Waals surface area contributed by atoms with Gasteiger partial charge in [0, 0.05) is 17.2 Å². The van der Waals surface area contributed by atoms with Gasteiger partial charge >= 0.3 is 5.91 Å². The molecule has 0 aliphatic heterocycles. The van der Waals surface area contributed by atoms with E-state index in [0.717, 1.165) is 16.5 Å². The lowest BCUT2D eigenvalue weighted by Gasteiger charge is -1.96. The van der Waals surface area contributed by atoms with Crippen LogP contribution in [0.3, 0.4) is 0 Å². The van der Waals surface area contributed by atoms with Crippen LogP contribution in [0.2, 0.25) is 0 Å². The van der Waals surface area contributed by atoms with Crippen molar-refractivity contribution in [1.82, 2.24) is 5.43 Å². The summed E-state index contributed by atoms with van der Waals surface area (Å²) in [5.41, 5.74) is 5.05. The molecule has 0 aliphatic rings. The van der Waals surface area contributed by atoms with Crippen molar-refractivity contribution in [2.24, 2.45) is 5.10 Å². The van der Waals surface area contributed by atoms with E-state index >= 15 is 0 Å². The molecule has 2 aromatic carbocycles. The van der Waals surface area contributed by atoms with Crippen molar-refractivity contribution in [2.45, 2.75) is 6.92 Å². The molecule has 1 N–H and O–H groups in total. The van der Waals surface area contributed by atoms with E-state index in [1.165, 1.54) is 6.21 Å². The average Bonchev–Trinajstić information content (AvgIpc) is 2.93. The van der Waals surface area contributed by atoms with E-state index in [4.69, 9.17) is 4.42 Å². The molecule has 4 nitrogen and oxygen atoms in total. The van der Waals surface area contributed by atoms with Crippen LogP contribution in [-0.4, -0.2) is 12.1 Å². The van der Waals surface area contributed by atoms with Crippen molar-refractivity contribution in [3.8, 4) is 0 Å². The van der Waals surface area contributed by atoms with Gasteiger partial charge in [0.1, 0.15) is 5.58 Å². The number of hydrogen-bond donors (Lipinski definition) is 1. The first-order chi connectivity index (χ1) is 11.3. The van der Waals surface area contributed by atoms with Crippen LogP contribution in [0.25, 0.3) is 17.0 Å². The highest BCUT2D eigenvalue weighted by molar-refractivity contribution is 5.99. The monoisotopic (exact) mass is 304 g/mol. The predicted molar refractivity (Wildman–Crippen MR) is 92.4 cm³/mol. The van der Waals surface area contributed by atoms with E-state index in [9.17, 15) is 4.79 Å². The maximum Gasteiger partial charge on any atom is 0.307 e. The Labute approximate surface area is 134 Å². The third-order valence-electron chi connectivity index (χ3n) is 3.46. The molecule has 1 amide bonds. The van der Waals surface area contributed by atoms with Gasteiger partial charge in [0.05, 0.1) is 0 Å². The van der Waals surface area contributed by atoms with Gasteiger partial charge in [-0.3, -0.25) is 4.79 Å². The smallest absolute Gasteiger partial charge is 0.307 e. The summed E-state index contributed by atoms with van der Waals surface area (Å²) < 4.78 is 5.58. The maximum atomic E-state index is 12.1. The molecule has 0 atom stereocenters. The number of carbonyl (C=O) groups is 1. The minimum atomic E-state index is -0.358. The largest absolute Gasteiger partial charge is 0.451 e. The van der Waals surface area contributed by atoms with Crippen LogP contribution in [0.4, 0.5) is 0 Å². The van der Waals surface area contributed by atoms with Crippen LogP contribution in [0.5, 0.6) is 0 Å². The minimum Gasteiger partial charge on any atom is -0.451 e. The fourth-order valence-corrected chi connectivity index (χ4v) is 2.30. The quantitative estimate of drug-likeness (QED) is 0.581. The van der Waals surface area contributed by atoms with E-state index in [1.807, 2.05) is 67.6 Å². The zero-order valence-electron chi connectivity index (χ0n) is 12.7. The average molecular weight is 304 g/mol. The second kappa shape index (κ2) is 6.75. The van der Waals surface area contributed by atoms with Gasteiger partial charge in [-0.15, -0.1) is 0 Å². The van der Waals surface area contributed by atoms with E-state index in [-0.39, 0.29) is 11.7 Å². The lowest BCUT2D eigenvalue weighted by Crippen LogP contribution is -2.17. The number of aryl methyl sites for hydroxylation is 1. The third kappa shape index (κ3) is 3.37. The molecular weight excluding hydrogens is 288 g/mol. The lowest BCUT2D eigenvalue weighted by molar-refractivity contribution is 0.0929. The zero-order valence-corrected chi connectivity index (χ0v) is 12.7. The molecule has 3 aromatic rings. The molecule has 0 fully saturated rings. The van der Waals surface area contributed by atoms with Gasteiger partial charge in [-0.1, -0.05) is 54.6 Å². The number of allylic oxidation sites excluding steroid dienone is 1. The highest BCUT2D eigenvalue weighted by atomic mass is 16.3. The summed E-state index contributed by atoms with van der Waals surface area (Å²) >= 11 is 0. The van der Waals surface area contributed by atoms with Gasteiger partial charge in [-0.2, -0.15) is 5.10 Å². The standard InChI is InChI=1S/C19H16N2O2/c1-14-16-11-5-6-12-17(16)23-18(14)19(22)21-20-13-7-10-15-8-3-2-4-9-15/h2-13H,1H3,(H,21,22)/b10-7+,20-13-. The first kappa shape index (κ1) is 14.8. The zero-order chi connectivity index (χ0) is 16.1. The number of para-hydroxylation sites is 1. The molecule has 1 heterocycles. The fraction of sp³-hybridized carbons (Fsp3) is 0.0526. The van der Waals surface area contributed by atoms with Crippen LogP contribution >= 0.6 is 0 Å². The Hall–Kier alpha value is -3.14. The normalized spacial score (nSPS) is 11.5. The number of carbonyl (C=O) groups excluding carboxylic acids is 1. The SMILES string of the molecule is Cc1c(C(=O)N/N=C\C=C\c2ccccc2)oc2ccccc12. The minimum absolute atomic E-state index is 0.287. The van der Waals surface area contributed by atoms with Crippen LogP contribution in [-0.2, 0) is 0 Å². The third-order valence-corrected chi connectivity index (χ3v) is 3.46. The number of benzene rings is 2. The molecule has 1 aromatic heterocycles. The Kier molecular flexibility index (Phi) is 4.34. The summed E-state index contributed by atoms with van der Waals surface area (Å²) in [6.07, 6.45) is 5.20. The predicted octanol–water partition coefficient (Wildman–Crippen LogP) is 4.17. The first-order valence-electron chi connectivity index (χ1n) is 7.29. The molecule has 0 aliphatic carbocycles. The van der Waals surface area contributed by atoms with Crippen molar-refractivity contribution < 1.29 is 9.21 Å². The van der Waals surface area contributed by atoms with Gasteiger partial charge in [0.25, 0.3) is 0 Å². The number of amides is 1. The molecule has 0 saturated heterocycles. The second-order valence-corrected chi connectivity index (χ2v) is 5.04. The maximum absolute atomic E-state index is 12.1. The molecule has 4 heteroatoms. The number of hydrazone groups is 1. The molecule has 0 spiro atoms. The van der Waals surface area contributed by atoms with E-state index in [0.29, 0.717) is 5.58 Å². The van der Waals surface area contributed by atoms with Crippen LogP contribution in [0.15, 0.2) is 70.2 Å². The molecule has 3 rings (SSSR count). The number of fused-ring (bicyclic) bond motifs is 1. The van der Waals surface area contributed by atoms with Crippen LogP contribution < -0.4 is 5.43 Å². The van der Waals surface area contributed by atoms with Crippen molar-refractivity contribution in [3.63, 3.8) is 0 Å². The van der Waals surface area contributed by atoms with Gasteiger partial charge in [-0.25, -0.2) is 5.43 Å². The fourth-order valence-electron chi connectivity index (χ4n) is 2.30.